The van der Waals surface area contributed by atoms with E-state index in [-0.39, 0.29) is 11.8 Å². The van der Waals surface area contributed by atoms with E-state index in [1.54, 1.807) is 23.2 Å². The quantitative estimate of drug-likeness (QED) is 0.861. The number of rotatable bonds is 4. The van der Waals surface area contributed by atoms with E-state index in [1.807, 2.05) is 41.3 Å². The third kappa shape index (κ3) is 4.66. The second-order valence-electron chi connectivity index (χ2n) is 6.23. The van der Waals surface area contributed by atoms with Gasteiger partial charge in [-0.3, -0.25) is 14.6 Å². The molecule has 0 radical (unpaired) electrons. The van der Waals surface area contributed by atoms with Gasteiger partial charge < -0.3 is 9.80 Å². The fourth-order valence-electron chi connectivity index (χ4n) is 3.08. The lowest BCUT2D eigenvalue weighted by molar-refractivity contribution is -0.131. The maximum Gasteiger partial charge on any atom is 0.272 e. The zero-order valence-corrected chi connectivity index (χ0v) is 14.3. The van der Waals surface area contributed by atoms with Gasteiger partial charge in [-0.15, -0.1) is 0 Å². The Morgan fingerprint density at radius 2 is 1.60 bits per heavy atom. The highest BCUT2D eigenvalue weighted by atomic mass is 16.2. The lowest BCUT2D eigenvalue weighted by Crippen LogP contribution is -2.37. The Balaban J connectivity index is 1.52. The number of carbonyl (C=O) groups excluding carboxylic acids is 2. The van der Waals surface area contributed by atoms with Gasteiger partial charge in [0.15, 0.2) is 0 Å². The molecule has 130 valence electrons. The first-order valence-corrected chi connectivity index (χ1v) is 8.76. The molecule has 1 saturated heterocycles. The number of aromatic nitrogens is 1. The van der Waals surface area contributed by atoms with Crippen molar-refractivity contribution in [1.82, 2.24) is 14.8 Å². The molecule has 5 nitrogen and oxygen atoms in total. The van der Waals surface area contributed by atoms with Crippen LogP contribution in [0.2, 0.25) is 0 Å². The minimum absolute atomic E-state index is 0.0563. The van der Waals surface area contributed by atoms with Crippen LogP contribution in [0, 0.1) is 0 Å². The summed E-state index contributed by atoms with van der Waals surface area (Å²) in [5.74, 6) is 0.107. The van der Waals surface area contributed by atoms with Gasteiger partial charge in [-0.2, -0.15) is 0 Å². The molecule has 0 unspecified atom stereocenters. The zero-order valence-electron chi connectivity index (χ0n) is 14.3. The average molecular weight is 337 g/mol. The molecule has 2 heterocycles. The van der Waals surface area contributed by atoms with Crippen molar-refractivity contribution in [2.45, 2.75) is 19.3 Å². The highest BCUT2D eigenvalue weighted by Crippen LogP contribution is 2.10. The molecule has 0 aliphatic carbocycles. The minimum atomic E-state index is -0.0563. The van der Waals surface area contributed by atoms with Crippen LogP contribution in [-0.4, -0.2) is 52.8 Å². The Labute approximate surface area is 148 Å². The zero-order chi connectivity index (χ0) is 17.5. The number of nitrogens with zero attached hydrogens (tertiary/aromatic N) is 3. The number of pyridine rings is 1. The van der Waals surface area contributed by atoms with Crippen molar-refractivity contribution >= 4 is 11.8 Å². The van der Waals surface area contributed by atoms with Gasteiger partial charge in [0.25, 0.3) is 5.91 Å². The summed E-state index contributed by atoms with van der Waals surface area (Å²) in [7, 11) is 0. The molecule has 5 heteroatoms. The van der Waals surface area contributed by atoms with Crippen molar-refractivity contribution in [3.05, 3.63) is 66.0 Å². The van der Waals surface area contributed by atoms with E-state index < -0.39 is 0 Å². The fraction of sp³-hybridized carbons (Fsp3) is 0.350. The summed E-state index contributed by atoms with van der Waals surface area (Å²) in [5, 5.41) is 0. The fourth-order valence-corrected chi connectivity index (χ4v) is 3.08. The summed E-state index contributed by atoms with van der Waals surface area (Å²) in [5.41, 5.74) is 1.64. The molecule has 2 aromatic rings. The SMILES string of the molecule is O=C(CCc1ccccc1)N1CCCN(C(=O)c2ccccn2)CC1. The van der Waals surface area contributed by atoms with Crippen LogP contribution in [0.4, 0.5) is 0 Å². The number of hydrogen-bond donors (Lipinski definition) is 0. The molecule has 25 heavy (non-hydrogen) atoms. The van der Waals surface area contributed by atoms with Gasteiger partial charge in [0, 0.05) is 38.8 Å². The lowest BCUT2D eigenvalue weighted by atomic mass is 10.1. The summed E-state index contributed by atoms with van der Waals surface area (Å²) < 4.78 is 0. The van der Waals surface area contributed by atoms with Gasteiger partial charge in [0.2, 0.25) is 5.91 Å². The monoisotopic (exact) mass is 337 g/mol. The number of aryl methyl sites for hydroxylation is 1. The molecular formula is C20H23N3O2. The first-order valence-electron chi connectivity index (χ1n) is 8.76. The second-order valence-corrected chi connectivity index (χ2v) is 6.23. The van der Waals surface area contributed by atoms with Crippen molar-refractivity contribution in [2.24, 2.45) is 0 Å². The summed E-state index contributed by atoms with van der Waals surface area (Å²) >= 11 is 0. The molecule has 0 saturated carbocycles. The van der Waals surface area contributed by atoms with Gasteiger partial charge >= 0.3 is 0 Å². The normalized spacial score (nSPS) is 14.9. The molecule has 2 amide bonds. The smallest absolute Gasteiger partial charge is 0.272 e. The summed E-state index contributed by atoms with van der Waals surface area (Å²) in [4.78, 5) is 32.8. The predicted molar refractivity (Wildman–Crippen MR) is 96.1 cm³/mol. The van der Waals surface area contributed by atoms with Crippen LogP contribution >= 0.6 is 0 Å². The maximum atomic E-state index is 12.5. The molecule has 0 atom stereocenters. The van der Waals surface area contributed by atoms with Crippen LogP contribution < -0.4 is 0 Å². The molecule has 1 aliphatic heterocycles. The van der Waals surface area contributed by atoms with Crippen molar-refractivity contribution < 1.29 is 9.59 Å². The highest BCUT2D eigenvalue weighted by Gasteiger charge is 2.23. The maximum absolute atomic E-state index is 12.5. The Hall–Kier alpha value is -2.69. The van der Waals surface area contributed by atoms with E-state index in [9.17, 15) is 9.59 Å². The summed E-state index contributed by atoms with van der Waals surface area (Å²) in [6.07, 6.45) is 3.70. The van der Waals surface area contributed by atoms with Gasteiger partial charge in [-0.25, -0.2) is 0 Å². The molecule has 0 bridgehead atoms. The Bertz CT molecular complexity index is 703. The lowest BCUT2D eigenvalue weighted by Gasteiger charge is -2.22. The summed E-state index contributed by atoms with van der Waals surface area (Å²) in [6.45, 7) is 2.52. The number of benzene rings is 1. The minimum Gasteiger partial charge on any atom is -0.341 e. The number of amides is 2. The third-order valence-corrected chi connectivity index (χ3v) is 4.49. The largest absolute Gasteiger partial charge is 0.341 e. The van der Waals surface area contributed by atoms with Crippen molar-refractivity contribution in [2.75, 3.05) is 26.2 Å². The van der Waals surface area contributed by atoms with Crippen molar-refractivity contribution in [3.8, 4) is 0 Å². The first kappa shape index (κ1) is 17.1. The van der Waals surface area contributed by atoms with Crippen LogP contribution in [0.5, 0.6) is 0 Å². The van der Waals surface area contributed by atoms with E-state index in [1.165, 1.54) is 5.56 Å². The van der Waals surface area contributed by atoms with Gasteiger partial charge in [0.1, 0.15) is 5.69 Å². The van der Waals surface area contributed by atoms with Crippen molar-refractivity contribution in [1.29, 1.82) is 0 Å². The molecule has 1 aliphatic rings. The van der Waals surface area contributed by atoms with Crippen LogP contribution in [0.3, 0.4) is 0 Å². The van der Waals surface area contributed by atoms with Gasteiger partial charge in [-0.05, 0) is 30.5 Å². The second kappa shape index (κ2) is 8.42. The average Bonchev–Trinajstić information content (AvgIpc) is 2.93. The van der Waals surface area contributed by atoms with Crippen LogP contribution in [0.15, 0.2) is 54.7 Å². The molecular weight excluding hydrogens is 314 g/mol. The molecule has 0 spiro atoms. The van der Waals surface area contributed by atoms with E-state index in [0.29, 0.717) is 38.3 Å². The van der Waals surface area contributed by atoms with E-state index in [0.717, 1.165) is 12.8 Å². The first-order chi connectivity index (χ1) is 12.2. The van der Waals surface area contributed by atoms with Crippen LogP contribution in [0.1, 0.15) is 28.9 Å². The molecule has 1 aromatic carbocycles. The van der Waals surface area contributed by atoms with Crippen LogP contribution in [0.25, 0.3) is 0 Å². The molecule has 0 N–H and O–H groups in total. The number of hydrogen-bond acceptors (Lipinski definition) is 3. The Morgan fingerprint density at radius 1 is 0.880 bits per heavy atom. The standard InChI is InChI=1S/C20H23N3O2/c24-19(11-10-17-7-2-1-3-8-17)22-13-6-14-23(16-15-22)20(25)18-9-4-5-12-21-18/h1-5,7-9,12H,6,10-11,13-16H2. The number of carbonyl (C=O) groups is 2. The van der Waals surface area contributed by atoms with Crippen molar-refractivity contribution in [3.63, 3.8) is 0 Å². The Morgan fingerprint density at radius 3 is 2.36 bits per heavy atom. The third-order valence-electron chi connectivity index (χ3n) is 4.49. The molecule has 3 rings (SSSR count). The predicted octanol–water partition coefficient (Wildman–Crippen LogP) is 2.39. The Kier molecular flexibility index (Phi) is 5.77. The molecule has 1 fully saturated rings. The molecule has 1 aromatic heterocycles. The van der Waals surface area contributed by atoms with Crippen LogP contribution in [-0.2, 0) is 11.2 Å². The van der Waals surface area contributed by atoms with E-state index in [2.05, 4.69) is 4.98 Å². The van der Waals surface area contributed by atoms with Gasteiger partial charge in [-0.1, -0.05) is 36.4 Å². The van der Waals surface area contributed by atoms with E-state index in [4.69, 9.17) is 0 Å². The highest BCUT2D eigenvalue weighted by molar-refractivity contribution is 5.92. The van der Waals surface area contributed by atoms with E-state index >= 15 is 0 Å². The van der Waals surface area contributed by atoms with Gasteiger partial charge in [0.05, 0.1) is 0 Å². The topological polar surface area (TPSA) is 53.5 Å². The summed E-state index contributed by atoms with van der Waals surface area (Å²) in [6, 6.07) is 15.4.